The molecule has 1 aromatic heterocycles. The molecule has 0 radical (unpaired) electrons. The van der Waals surface area contributed by atoms with E-state index in [1.165, 1.54) is 6.33 Å². The molecule has 0 atom stereocenters. The van der Waals surface area contributed by atoms with E-state index >= 15 is 0 Å². The Labute approximate surface area is 77.8 Å². The third-order valence-corrected chi connectivity index (χ3v) is 1.79. The molecule has 5 heteroatoms. The van der Waals surface area contributed by atoms with E-state index < -0.39 is 0 Å². The van der Waals surface area contributed by atoms with Gasteiger partial charge in [-0.25, -0.2) is 9.97 Å². The van der Waals surface area contributed by atoms with Gasteiger partial charge < -0.3 is 5.32 Å². The lowest BCUT2D eigenvalue weighted by atomic mass is 10.5. The van der Waals surface area contributed by atoms with Crippen LogP contribution in [-0.4, -0.2) is 16.5 Å². The van der Waals surface area contributed by atoms with Crippen molar-refractivity contribution in [1.82, 2.24) is 9.97 Å². The number of nitriles is 1. The molecule has 1 rings (SSSR count). The summed E-state index contributed by atoms with van der Waals surface area (Å²) < 4.78 is 0.917. The maximum Gasteiger partial charge on any atom is 0.143 e. The van der Waals surface area contributed by atoms with Crippen LogP contribution in [0.5, 0.6) is 0 Å². The summed E-state index contributed by atoms with van der Waals surface area (Å²) in [5.41, 5.74) is 0. The SMILES string of the molecule is N#CCNc1ncncc1I. The Bertz CT molecular complexity index is 280. The van der Waals surface area contributed by atoms with Crippen LogP contribution < -0.4 is 5.32 Å². The van der Waals surface area contributed by atoms with Crippen molar-refractivity contribution in [2.24, 2.45) is 0 Å². The quantitative estimate of drug-likeness (QED) is 0.637. The first-order valence-electron chi connectivity index (χ1n) is 2.91. The van der Waals surface area contributed by atoms with Crippen LogP contribution in [0.3, 0.4) is 0 Å². The molecular weight excluding hydrogens is 255 g/mol. The standard InChI is InChI=1S/C6H5IN4/c7-5-3-9-4-11-6(5)10-2-1-8/h3-4H,2H2,(H,9,10,11). The average molecular weight is 260 g/mol. The Hall–Kier alpha value is -0.900. The van der Waals surface area contributed by atoms with Crippen LogP contribution in [0.25, 0.3) is 0 Å². The van der Waals surface area contributed by atoms with Crippen molar-refractivity contribution in [3.8, 4) is 6.07 Å². The van der Waals surface area contributed by atoms with E-state index in [-0.39, 0.29) is 6.54 Å². The van der Waals surface area contributed by atoms with Gasteiger partial charge in [-0.05, 0) is 22.6 Å². The molecule has 0 saturated heterocycles. The maximum atomic E-state index is 8.26. The predicted molar refractivity (Wildman–Crippen MR) is 48.9 cm³/mol. The van der Waals surface area contributed by atoms with Gasteiger partial charge in [0.05, 0.1) is 9.64 Å². The van der Waals surface area contributed by atoms with Crippen molar-refractivity contribution in [2.75, 3.05) is 11.9 Å². The van der Waals surface area contributed by atoms with Crippen LogP contribution in [0, 0.1) is 14.9 Å². The van der Waals surface area contributed by atoms with Gasteiger partial charge in [0.2, 0.25) is 0 Å². The Morgan fingerprint density at radius 1 is 1.73 bits per heavy atom. The monoisotopic (exact) mass is 260 g/mol. The maximum absolute atomic E-state index is 8.26. The van der Waals surface area contributed by atoms with Gasteiger partial charge in [-0.2, -0.15) is 5.26 Å². The lowest BCUT2D eigenvalue weighted by Gasteiger charge is -2.00. The van der Waals surface area contributed by atoms with Crippen LogP contribution in [-0.2, 0) is 0 Å². The molecule has 0 saturated carbocycles. The predicted octanol–water partition coefficient (Wildman–Crippen LogP) is 1.02. The van der Waals surface area contributed by atoms with Crippen LogP contribution in [0.15, 0.2) is 12.5 Å². The zero-order valence-corrected chi connectivity index (χ0v) is 7.74. The van der Waals surface area contributed by atoms with Crippen LogP contribution in [0.2, 0.25) is 0 Å². The fourth-order valence-corrected chi connectivity index (χ4v) is 1.06. The lowest BCUT2D eigenvalue weighted by Crippen LogP contribution is -2.02. The second-order valence-electron chi connectivity index (χ2n) is 1.73. The zero-order valence-electron chi connectivity index (χ0n) is 5.58. The summed E-state index contributed by atoms with van der Waals surface area (Å²) in [6.45, 7) is 0.271. The summed E-state index contributed by atoms with van der Waals surface area (Å²) in [6.07, 6.45) is 3.13. The third-order valence-electron chi connectivity index (χ3n) is 1.00. The van der Waals surface area contributed by atoms with E-state index in [1.54, 1.807) is 6.20 Å². The van der Waals surface area contributed by atoms with Gasteiger partial charge >= 0.3 is 0 Å². The minimum Gasteiger partial charge on any atom is -0.356 e. The van der Waals surface area contributed by atoms with Crippen LogP contribution in [0.1, 0.15) is 0 Å². The number of anilines is 1. The summed E-state index contributed by atoms with van der Waals surface area (Å²) in [5, 5.41) is 11.1. The number of rotatable bonds is 2. The van der Waals surface area contributed by atoms with Gasteiger partial charge in [0.1, 0.15) is 18.7 Å². The van der Waals surface area contributed by atoms with Gasteiger partial charge in [-0.3, -0.25) is 0 Å². The minimum absolute atomic E-state index is 0.271. The van der Waals surface area contributed by atoms with E-state index in [1.807, 2.05) is 6.07 Å². The number of halogens is 1. The molecule has 1 N–H and O–H groups in total. The van der Waals surface area contributed by atoms with E-state index in [2.05, 4.69) is 37.9 Å². The van der Waals surface area contributed by atoms with Gasteiger partial charge in [0, 0.05) is 6.20 Å². The molecule has 0 amide bonds. The highest BCUT2D eigenvalue weighted by Gasteiger charge is 1.96. The highest BCUT2D eigenvalue weighted by atomic mass is 127. The van der Waals surface area contributed by atoms with Gasteiger partial charge in [0.25, 0.3) is 0 Å². The molecule has 11 heavy (non-hydrogen) atoms. The Morgan fingerprint density at radius 3 is 3.18 bits per heavy atom. The van der Waals surface area contributed by atoms with Crippen molar-refractivity contribution < 1.29 is 0 Å². The summed E-state index contributed by atoms with van der Waals surface area (Å²) in [5.74, 6) is 0.710. The molecule has 0 fully saturated rings. The van der Waals surface area contributed by atoms with E-state index in [4.69, 9.17) is 5.26 Å². The molecule has 56 valence electrons. The number of nitrogens with zero attached hydrogens (tertiary/aromatic N) is 3. The normalized spacial score (nSPS) is 8.73. The number of aromatic nitrogens is 2. The fourth-order valence-electron chi connectivity index (χ4n) is 0.566. The highest BCUT2D eigenvalue weighted by molar-refractivity contribution is 14.1. The molecule has 0 spiro atoms. The van der Waals surface area contributed by atoms with Crippen LogP contribution in [0.4, 0.5) is 5.82 Å². The first-order chi connectivity index (χ1) is 5.34. The minimum atomic E-state index is 0.271. The topological polar surface area (TPSA) is 61.6 Å². The molecule has 0 aliphatic heterocycles. The summed E-state index contributed by atoms with van der Waals surface area (Å²) in [6, 6.07) is 1.97. The third kappa shape index (κ3) is 2.31. The summed E-state index contributed by atoms with van der Waals surface area (Å²) >= 11 is 2.10. The summed E-state index contributed by atoms with van der Waals surface area (Å²) in [4.78, 5) is 7.75. The van der Waals surface area contributed by atoms with E-state index in [9.17, 15) is 0 Å². The molecule has 4 nitrogen and oxygen atoms in total. The Balaban J connectivity index is 2.71. The van der Waals surface area contributed by atoms with Gasteiger partial charge in [-0.15, -0.1) is 0 Å². The van der Waals surface area contributed by atoms with Gasteiger partial charge in [-0.1, -0.05) is 0 Å². The van der Waals surface area contributed by atoms with Crippen molar-refractivity contribution >= 4 is 28.4 Å². The van der Waals surface area contributed by atoms with Gasteiger partial charge in [0.15, 0.2) is 0 Å². The second kappa shape index (κ2) is 4.08. The molecule has 0 aliphatic rings. The zero-order chi connectivity index (χ0) is 8.10. The van der Waals surface area contributed by atoms with Crippen molar-refractivity contribution in [1.29, 1.82) is 5.26 Å². The molecule has 0 unspecified atom stereocenters. The number of hydrogen-bond donors (Lipinski definition) is 1. The molecule has 0 aromatic carbocycles. The second-order valence-corrected chi connectivity index (χ2v) is 2.89. The first kappa shape index (κ1) is 8.20. The Morgan fingerprint density at radius 2 is 2.55 bits per heavy atom. The summed E-state index contributed by atoms with van der Waals surface area (Å²) in [7, 11) is 0. The van der Waals surface area contributed by atoms with Crippen molar-refractivity contribution in [3.63, 3.8) is 0 Å². The van der Waals surface area contributed by atoms with Crippen molar-refractivity contribution in [2.45, 2.75) is 0 Å². The molecular formula is C6H5IN4. The van der Waals surface area contributed by atoms with E-state index in [0.29, 0.717) is 5.82 Å². The Kier molecular flexibility index (Phi) is 3.04. The first-order valence-corrected chi connectivity index (χ1v) is 3.99. The average Bonchev–Trinajstić information content (AvgIpc) is 2.03. The lowest BCUT2D eigenvalue weighted by molar-refractivity contribution is 1.12. The highest BCUT2D eigenvalue weighted by Crippen LogP contribution is 2.11. The fraction of sp³-hybridized carbons (Fsp3) is 0.167. The smallest absolute Gasteiger partial charge is 0.143 e. The molecule has 1 heterocycles. The molecule has 1 aromatic rings. The van der Waals surface area contributed by atoms with E-state index in [0.717, 1.165) is 3.57 Å². The molecule has 0 bridgehead atoms. The molecule has 0 aliphatic carbocycles. The largest absolute Gasteiger partial charge is 0.356 e. The number of hydrogen-bond acceptors (Lipinski definition) is 4. The number of nitrogens with one attached hydrogen (secondary N) is 1. The van der Waals surface area contributed by atoms with Crippen molar-refractivity contribution in [3.05, 3.63) is 16.1 Å². The van der Waals surface area contributed by atoms with Crippen LogP contribution >= 0.6 is 22.6 Å².